The van der Waals surface area contributed by atoms with Gasteiger partial charge in [-0.1, -0.05) is 18.2 Å². The smallest absolute Gasteiger partial charge is 0.168 e. The highest BCUT2D eigenvalue weighted by Crippen LogP contribution is 2.53. The molecule has 21 heavy (non-hydrogen) atoms. The maximum absolute atomic E-state index is 11.1. The first-order chi connectivity index (χ1) is 10.3. The molecule has 2 aliphatic heterocycles. The molecule has 4 nitrogen and oxygen atoms in total. The summed E-state index contributed by atoms with van der Waals surface area (Å²) in [5.74, 6) is 1.42. The molecular weight excluding hydrogens is 268 g/mol. The van der Waals surface area contributed by atoms with E-state index >= 15 is 0 Å². The van der Waals surface area contributed by atoms with Crippen LogP contribution in [0.5, 0.6) is 11.5 Å². The van der Waals surface area contributed by atoms with Gasteiger partial charge in [-0.25, -0.2) is 0 Å². The topological polar surface area (TPSA) is 51.8 Å². The van der Waals surface area contributed by atoms with Crippen molar-refractivity contribution < 1.29 is 19.0 Å². The molecule has 0 spiro atoms. The summed E-state index contributed by atoms with van der Waals surface area (Å²) in [4.78, 5) is 0. The number of hydrogen-bond acceptors (Lipinski definition) is 4. The van der Waals surface area contributed by atoms with E-state index in [2.05, 4.69) is 0 Å². The third kappa shape index (κ3) is 1.33. The van der Waals surface area contributed by atoms with Crippen LogP contribution in [0, 0.1) is 0 Å². The zero-order valence-corrected chi connectivity index (χ0v) is 11.1. The van der Waals surface area contributed by atoms with E-state index in [1.165, 1.54) is 0 Å². The van der Waals surface area contributed by atoms with Crippen molar-refractivity contribution in [1.82, 2.24) is 0 Å². The van der Waals surface area contributed by atoms with Gasteiger partial charge >= 0.3 is 0 Å². The third-order valence-corrected chi connectivity index (χ3v) is 4.35. The van der Waals surface area contributed by atoms with Crippen molar-refractivity contribution in [2.24, 2.45) is 0 Å². The summed E-state index contributed by atoms with van der Waals surface area (Å²) in [5.41, 5.74) is 1.28. The SMILES string of the molecule is O[C@]12COc3cc4occc4cc3[C@H]1Oc1ccccc12. The maximum atomic E-state index is 11.1. The summed E-state index contributed by atoms with van der Waals surface area (Å²) in [7, 11) is 0. The van der Waals surface area contributed by atoms with Crippen molar-refractivity contribution in [3.8, 4) is 11.5 Å². The van der Waals surface area contributed by atoms with Gasteiger partial charge in [-0.05, 0) is 18.2 Å². The Hall–Kier alpha value is -2.46. The van der Waals surface area contributed by atoms with E-state index in [1.807, 2.05) is 42.5 Å². The van der Waals surface area contributed by atoms with Crippen LogP contribution in [-0.2, 0) is 5.60 Å². The summed E-state index contributed by atoms with van der Waals surface area (Å²) in [6.45, 7) is 0.174. The second-order valence-electron chi connectivity index (χ2n) is 5.56. The standard InChI is InChI=1S/C17H12O4/c18-17-9-20-15-8-14-10(5-6-19-14)7-11(15)16(17)21-13-4-2-1-3-12(13)17/h1-8,16,18H,9H2/t16-,17+/m1/s1. The summed E-state index contributed by atoms with van der Waals surface area (Å²) < 4.78 is 17.2. The van der Waals surface area contributed by atoms with Crippen LogP contribution in [0.15, 0.2) is 53.1 Å². The molecule has 2 atom stereocenters. The Morgan fingerprint density at radius 3 is 2.95 bits per heavy atom. The van der Waals surface area contributed by atoms with Crippen molar-refractivity contribution in [3.05, 3.63) is 59.9 Å². The van der Waals surface area contributed by atoms with Gasteiger partial charge in [0.15, 0.2) is 11.7 Å². The third-order valence-electron chi connectivity index (χ3n) is 4.35. The van der Waals surface area contributed by atoms with E-state index in [0.717, 1.165) is 22.1 Å². The molecule has 0 aliphatic carbocycles. The Balaban J connectivity index is 1.75. The summed E-state index contributed by atoms with van der Waals surface area (Å²) in [5, 5.41) is 12.0. The molecule has 4 heteroatoms. The van der Waals surface area contributed by atoms with Crippen molar-refractivity contribution in [3.63, 3.8) is 0 Å². The fourth-order valence-corrected chi connectivity index (χ4v) is 3.29. The lowest BCUT2D eigenvalue weighted by Crippen LogP contribution is -2.41. The second-order valence-corrected chi connectivity index (χ2v) is 5.56. The molecule has 2 aliphatic rings. The lowest BCUT2D eigenvalue weighted by Gasteiger charge is -2.34. The van der Waals surface area contributed by atoms with Gasteiger partial charge in [-0.15, -0.1) is 0 Å². The molecule has 0 saturated carbocycles. The first kappa shape index (κ1) is 11.2. The first-order valence-corrected chi connectivity index (χ1v) is 6.88. The number of furan rings is 1. The molecule has 5 rings (SSSR count). The van der Waals surface area contributed by atoms with Crippen LogP contribution in [0.3, 0.4) is 0 Å². The van der Waals surface area contributed by atoms with Gasteiger partial charge in [-0.3, -0.25) is 0 Å². The second kappa shape index (κ2) is 3.59. The van der Waals surface area contributed by atoms with Crippen molar-refractivity contribution in [1.29, 1.82) is 0 Å². The van der Waals surface area contributed by atoms with E-state index in [1.54, 1.807) is 6.26 Å². The van der Waals surface area contributed by atoms with Crippen molar-refractivity contribution in [2.75, 3.05) is 6.61 Å². The predicted molar refractivity (Wildman–Crippen MR) is 75.4 cm³/mol. The van der Waals surface area contributed by atoms with E-state index in [4.69, 9.17) is 13.9 Å². The number of ether oxygens (including phenoxy) is 2. The van der Waals surface area contributed by atoms with E-state index in [-0.39, 0.29) is 6.61 Å². The molecule has 0 unspecified atom stereocenters. The average Bonchev–Trinajstić information content (AvgIpc) is 3.07. The molecule has 0 amide bonds. The summed E-state index contributed by atoms with van der Waals surface area (Å²) in [6, 6.07) is 13.3. The highest BCUT2D eigenvalue weighted by molar-refractivity contribution is 5.80. The van der Waals surface area contributed by atoms with Gasteiger partial charge < -0.3 is 19.0 Å². The Morgan fingerprint density at radius 2 is 2.00 bits per heavy atom. The lowest BCUT2D eigenvalue weighted by atomic mass is 9.84. The number of para-hydroxylation sites is 1. The number of hydrogen-bond donors (Lipinski definition) is 1. The van der Waals surface area contributed by atoms with Crippen LogP contribution in [0.2, 0.25) is 0 Å². The molecule has 3 aromatic rings. The Morgan fingerprint density at radius 1 is 1.10 bits per heavy atom. The van der Waals surface area contributed by atoms with Gasteiger partial charge in [-0.2, -0.15) is 0 Å². The molecule has 0 bridgehead atoms. The fraction of sp³-hybridized carbons (Fsp3) is 0.176. The molecule has 0 radical (unpaired) electrons. The van der Waals surface area contributed by atoms with Crippen molar-refractivity contribution in [2.45, 2.75) is 11.7 Å². The Bertz CT molecular complexity index is 866. The van der Waals surface area contributed by atoms with Crippen LogP contribution in [0.1, 0.15) is 17.2 Å². The van der Waals surface area contributed by atoms with Gasteiger partial charge in [0.1, 0.15) is 23.7 Å². The minimum Gasteiger partial charge on any atom is -0.489 e. The quantitative estimate of drug-likeness (QED) is 0.687. The normalized spacial score (nSPS) is 25.7. The van der Waals surface area contributed by atoms with Crippen LogP contribution >= 0.6 is 0 Å². The predicted octanol–water partition coefficient (Wildman–Crippen LogP) is 3.15. The Labute approximate surface area is 120 Å². The molecule has 1 N–H and O–H groups in total. The van der Waals surface area contributed by atoms with Crippen LogP contribution < -0.4 is 9.47 Å². The first-order valence-electron chi connectivity index (χ1n) is 6.88. The van der Waals surface area contributed by atoms with Gasteiger partial charge in [0.05, 0.1) is 6.26 Å². The number of benzene rings is 2. The molecule has 104 valence electrons. The van der Waals surface area contributed by atoms with E-state index in [0.29, 0.717) is 11.5 Å². The zero-order valence-electron chi connectivity index (χ0n) is 11.1. The van der Waals surface area contributed by atoms with Crippen LogP contribution in [-0.4, -0.2) is 11.7 Å². The minimum atomic E-state index is -1.14. The van der Waals surface area contributed by atoms with E-state index in [9.17, 15) is 5.11 Å². The molecule has 0 fully saturated rings. The lowest BCUT2D eigenvalue weighted by molar-refractivity contribution is -0.0862. The summed E-state index contributed by atoms with van der Waals surface area (Å²) in [6.07, 6.45) is 1.20. The van der Waals surface area contributed by atoms with Gasteiger partial charge in [0, 0.05) is 22.6 Å². The zero-order chi connectivity index (χ0) is 14.0. The molecular formula is C17H12O4. The minimum absolute atomic E-state index is 0.174. The highest BCUT2D eigenvalue weighted by Gasteiger charge is 2.52. The molecule has 0 saturated heterocycles. The number of fused-ring (bicyclic) bond motifs is 6. The highest BCUT2D eigenvalue weighted by atomic mass is 16.5. The van der Waals surface area contributed by atoms with Gasteiger partial charge in [0.2, 0.25) is 0 Å². The molecule has 2 aromatic carbocycles. The van der Waals surface area contributed by atoms with E-state index < -0.39 is 11.7 Å². The summed E-state index contributed by atoms with van der Waals surface area (Å²) >= 11 is 0. The largest absolute Gasteiger partial charge is 0.489 e. The number of aliphatic hydroxyl groups is 1. The maximum Gasteiger partial charge on any atom is 0.168 e. The fourth-order valence-electron chi connectivity index (χ4n) is 3.29. The number of rotatable bonds is 0. The average molecular weight is 280 g/mol. The van der Waals surface area contributed by atoms with Crippen LogP contribution in [0.4, 0.5) is 0 Å². The molecule has 3 heterocycles. The van der Waals surface area contributed by atoms with Crippen LogP contribution in [0.25, 0.3) is 11.0 Å². The van der Waals surface area contributed by atoms with Crippen molar-refractivity contribution >= 4 is 11.0 Å². The van der Waals surface area contributed by atoms with Gasteiger partial charge in [0.25, 0.3) is 0 Å². The Kier molecular flexibility index (Phi) is 1.92. The monoisotopic (exact) mass is 280 g/mol. The molecule has 1 aromatic heterocycles.